The van der Waals surface area contributed by atoms with Crippen molar-refractivity contribution in [1.82, 2.24) is 4.90 Å². The monoisotopic (exact) mass is 422 g/mol. The van der Waals surface area contributed by atoms with Gasteiger partial charge in [0.25, 0.3) is 0 Å². The Morgan fingerprint density at radius 2 is 1.71 bits per heavy atom. The number of anilines is 1. The predicted molar refractivity (Wildman–Crippen MR) is 115 cm³/mol. The molecule has 1 atom stereocenters. The van der Waals surface area contributed by atoms with Crippen LogP contribution in [-0.4, -0.2) is 43.0 Å². The Labute approximate surface area is 181 Å². The van der Waals surface area contributed by atoms with Crippen LogP contribution in [0, 0.1) is 17.2 Å². The molecule has 6 heteroatoms. The van der Waals surface area contributed by atoms with Gasteiger partial charge in [-0.1, -0.05) is 36.4 Å². The summed E-state index contributed by atoms with van der Waals surface area (Å²) in [7, 11) is 0. The number of likely N-dealkylation sites (tertiary alicyclic amines) is 1. The van der Waals surface area contributed by atoms with Crippen molar-refractivity contribution in [2.45, 2.75) is 31.7 Å². The second-order valence-electron chi connectivity index (χ2n) is 8.84. The molecule has 0 bridgehead atoms. The summed E-state index contributed by atoms with van der Waals surface area (Å²) in [5.74, 6) is -0.0863. The number of carbonyl (C=O) groups excluding carboxylic acids is 2. The summed E-state index contributed by atoms with van der Waals surface area (Å²) in [5, 5.41) is 0. The molecule has 1 spiro atoms. The Kier molecular flexibility index (Phi) is 5.26. The summed E-state index contributed by atoms with van der Waals surface area (Å²) in [6.07, 6.45) is 2.82. The lowest BCUT2D eigenvalue weighted by Crippen LogP contribution is -2.67. The summed E-state index contributed by atoms with van der Waals surface area (Å²) in [6, 6.07) is 16.1. The summed E-state index contributed by atoms with van der Waals surface area (Å²) in [4.78, 5) is 30.1. The van der Waals surface area contributed by atoms with Gasteiger partial charge in [0.2, 0.25) is 11.8 Å². The molecule has 2 aromatic carbocycles. The number of hydrogen-bond acceptors (Lipinski definition) is 3. The van der Waals surface area contributed by atoms with Gasteiger partial charge in [0.1, 0.15) is 5.82 Å². The highest BCUT2D eigenvalue weighted by atomic mass is 19.1. The smallest absolute Gasteiger partial charge is 0.236 e. The summed E-state index contributed by atoms with van der Waals surface area (Å²) in [6.45, 7) is 2.46. The van der Waals surface area contributed by atoms with Crippen LogP contribution in [0.1, 0.15) is 37.3 Å². The van der Waals surface area contributed by atoms with E-state index in [4.69, 9.17) is 4.74 Å². The van der Waals surface area contributed by atoms with E-state index in [9.17, 15) is 14.0 Å². The molecule has 0 saturated carbocycles. The number of halogens is 1. The van der Waals surface area contributed by atoms with Crippen molar-refractivity contribution in [3.8, 4) is 0 Å². The van der Waals surface area contributed by atoms with E-state index in [1.807, 2.05) is 35.2 Å². The first-order valence-corrected chi connectivity index (χ1v) is 11.1. The molecule has 3 aliphatic heterocycles. The molecule has 5 rings (SSSR count). The van der Waals surface area contributed by atoms with Crippen LogP contribution in [0.4, 0.5) is 10.1 Å². The zero-order valence-electron chi connectivity index (χ0n) is 17.5. The first-order chi connectivity index (χ1) is 15.1. The minimum Gasteiger partial charge on any atom is -0.381 e. The summed E-state index contributed by atoms with van der Waals surface area (Å²) < 4.78 is 19.3. The van der Waals surface area contributed by atoms with Crippen molar-refractivity contribution in [3.05, 3.63) is 66.0 Å². The van der Waals surface area contributed by atoms with Crippen LogP contribution in [0.5, 0.6) is 0 Å². The molecule has 0 aliphatic carbocycles. The SMILES string of the molecule is O=C(C1CCOCC1)N1CCC2(CC1)C(=O)N(c1cccc(F)c1)C2c1ccccc1. The number of ether oxygens (including phenoxy) is 1. The van der Waals surface area contributed by atoms with E-state index in [0.717, 1.165) is 18.4 Å². The van der Waals surface area contributed by atoms with Crippen LogP contribution in [0.15, 0.2) is 54.6 Å². The number of nitrogens with zero attached hydrogens (tertiary/aromatic N) is 2. The van der Waals surface area contributed by atoms with Gasteiger partial charge in [-0.2, -0.15) is 0 Å². The van der Waals surface area contributed by atoms with Crippen molar-refractivity contribution in [1.29, 1.82) is 0 Å². The van der Waals surface area contributed by atoms with Crippen molar-refractivity contribution in [2.24, 2.45) is 11.3 Å². The van der Waals surface area contributed by atoms with Gasteiger partial charge in [-0.05, 0) is 49.4 Å². The molecule has 5 nitrogen and oxygen atoms in total. The minimum atomic E-state index is -0.542. The second-order valence-corrected chi connectivity index (χ2v) is 8.84. The van der Waals surface area contributed by atoms with E-state index >= 15 is 0 Å². The lowest BCUT2D eigenvalue weighted by molar-refractivity contribution is -0.151. The van der Waals surface area contributed by atoms with Gasteiger partial charge >= 0.3 is 0 Å². The van der Waals surface area contributed by atoms with Crippen molar-refractivity contribution in [2.75, 3.05) is 31.2 Å². The zero-order chi connectivity index (χ0) is 21.4. The van der Waals surface area contributed by atoms with E-state index in [2.05, 4.69) is 0 Å². The van der Waals surface area contributed by atoms with Gasteiger partial charge in [-0.3, -0.25) is 9.59 Å². The number of hydrogen-bond donors (Lipinski definition) is 0. The normalized spacial score (nSPS) is 23.6. The molecule has 2 amide bonds. The maximum atomic E-state index is 13.9. The lowest BCUT2D eigenvalue weighted by Gasteiger charge is -2.59. The fourth-order valence-electron chi connectivity index (χ4n) is 5.47. The molecule has 3 saturated heterocycles. The molecular weight excluding hydrogens is 395 g/mol. The highest BCUT2D eigenvalue weighted by Gasteiger charge is 2.62. The van der Waals surface area contributed by atoms with Crippen LogP contribution in [-0.2, 0) is 14.3 Å². The molecule has 0 radical (unpaired) electrons. The standard InChI is InChI=1S/C25H27FN2O3/c26-20-7-4-8-21(17-20)28-22(18-5-2-1-3-6-18)25(24(28)30)11-13-27(14-12-25)23(29)19-9-15-31-16-10-19/h1-8,17,19,22H,9-16H2. The Balaban J connectivity index is 1.39. The third-order valence-corrected chi connectivity index (χ3v) is 7.17. The van der Waals surface area contributed by atoms with Gasteiger partial charge in [0, 0.05) is 37.9 Å². The number of β-lactam (4-membered cyclic amide) rings is 1. The topological polar surface area (TPSA) is 49.9 Å². The number of rotatable bonds is 3. The van der Waals surface area contributed by atoms with Crippen LogP contribution < -0.4 is 4.90 Å². The fraction of sp³-hybridized carbons (Fsp3) is 0.440. The third kappa shape index (κ3) is 3.43. The molecular formula is C25H27FN2O3. The maximum absolute atomic E-state index is 13.9. The molecule has 3 fully saturated rings. The predicted octanol–water partition coefficient (Wildman–Crippen LogP) is 3.95. The zero-order valence-corrected chi connectivity index (χ0v) is 17.5. The number of amides is 2. The van der Waals surface area contributed by atoms with Crippen molar-refractivity contribution < 1.29 is 18.7 Å². The number of carbonyl (C=O) groups is 2. The molecule has 3 aliphatic rings. The van der Waals surface area contributed by atoms with E-state index < -0.39 is 5.41 Å². The van der Waals surface area contributed by atoms with Gasteiger partial charge in [0.05, 0.1) is 11.5 Å². The molecule has 1 unspecified atom stereocenters. The van der Waals surface area contributed by atoms with E-state index in [1.165, 1.54) is 12.1 Å². The van der Waals surface area contributed by atoms with Gasteiger partial charge < -0.3 is 14.5 Å². The van der Waals surface area contributed by atoms with E-state index in [-0.39, 0.29) is 29.6 Å². The van der Waals surface area contributed by atoms with Gasteiger partial charge in [-0.15, -0.1) is 0 Å². The number of benzene rings is 2. The molecule has 31 heavy (non-hydrogen) atoms. The fourth-order valence-corrected chi connectivity index (χ4v) is 5.47. The Morgan fingerprint density at radius 3 is 2.39 bits per heavy atom. The first-order valence-electron chi connectivity index (χ1n) is 11.1. The lowest BCUT2D eigenvalue weighted by atomic mass is 9.62. The second kappa shape index (κ2) is 8.08. The highest BCUT2D eigenvalue weighted by molar-refractivity contribution is 6.06. The third-order valence-electron chi connectivity index (χ3n) is 7.17. The van der Waals surface area contributed by atoms with Crippen LogP contribution >= 0.6 is 0 Å². The summed E-state index contributed by atoms with van der Waals surface area (Å²) >= 11 is 0. The Morgan fingerprint density at radius 1 is 1.00 bits per heavy atom. The quantitative estimate of drug-likeness (QED) is 0.704. The molecule has 2 aromatic rings. The summed E-state index contributed by atoms with van der Waals surface area (Å²) in [5.41, 5.74) is 1.10. The largest absolute Gasteiger partial charge is 0.381 e. The van der Waals surface area contributed by atoms with Crippen molar-refractivity contribution in [3.63, 3.8) is 0 Å². The van der Waals surface area contributed by atoms with Gasteiger partial charge in [-0.25, -0.2) is 4.39 Å². The van der Waals surface area contributed by atoms with E-state index in [0.29, 0.717) is 44.8 Å². The molecule has 3 heterocycles. The maximum Gasteiger partial charge on any atom is 0.236 e. The molecule has 0 aromatic heterocycles. The minimum absolute atomic E-state index is 0.0325. The average molecular weight is 423 g/mol. The van der Waals surface area contributed by atoms with E-state index in [1.54, 1.807) is 17.0 Å². The van der Waals surface area contributed by atoms with Crippen LogP contribution in [0.3, 0.4) is 0 Å². The van der Waals surface area contributed by atoms with Crippen LogP contribution in [0.2, 0.25) is 0 Å². The number of piperidine rings is 1. The Bertz CT molecular complexity index is 966. The van der Waals surface area contributed by atoms with Crippen molar-refractivity contribution >= 4 is 17.5 Å². The average Bonchev–Trinajstić information content (AvgIpc) is 2.82. The first kappa shape index (κ1) is 20.2. The van der Waals surface area contributed by atoms with Crippen LogP contribution in [0.25, 0.3) is 0 Å². The van der Waals surface area contributed by atoms with Gasteiger partial charge in [0.15, 0.2) is 0 Å². The molecule has 0 N–H and O–H groups in total. The molecule has 162 valence electrons. The highest BCUT2D eigenvalue weighted by Crippen LogP contribution is 2.57. The Hall–Kier alpha value is -2.73.